The molecule has 11 heteroatoms. The van der Waals surface area contributed by atoms with Gasteiger partial charge in [0, 0.05) is 31.3 Å². The summed E-state index contributed by atoms with van der Waals surface area (Å²) in [6.45, 7) is 7.34. The third kappa shape index (κ3) is 6.19. The van der Waals surface area contributed by atoms with Crippen LogP contribution in [0.4, 0.5) is 5.69 Å². The maximum absolute atomic E-state index is 13.0. The van der Waals surface area contributed by atoms with E-state index in [2.05, 4.69) is 52.9 Å². The van der Waals surface area contributed by atoms with Gasteiger partial charge in [-0.1, -0.05) is 29.5 Å². The number of aryl methyl sites for hydroxylation is 2. The molecule has 5 rings (SSSR count). The Kier molecular flexibility index (Phi) is 7.78. The molecule has 0 bridgehead atoms. The van der Waals surface area contributed by atoms with Crippen molar-refractivity contribution in [2.75, 3.05) is 25.2 Å². The van der Waals surface area contributed by atoms with Crippen molar-refractivity contribution < 1.29 is 23.9 Å². The molecular formula is C28H31N5O5S. The lowest BCUT2D eigenvalue weighted by Gasteiger charge is -2.31. The zero-order chi connectivity index (χ0) is 27.5. The first-order chi connectivity index (χ1) is 18.8. The minimum Gasteiger partial charge on any atom is -0.454 e. The van der Waals surface area contributed by atoms with Gasteiger partial charge >= 0.3 is 0 Å². The second-order valence-corrected chi connectivity index (χ2v) is 11.0. The van der Waals surface area contributed by atoms with Gasteiger partial charge in [0.15, 0.2) is 11.5 Å². The van der Waals surface area contributed by atoms with Crippen LogP contribution in [0.5, 0.6) is 11.5 Å². The monoisotopic (exact) mass is 549 g/mol. The second kappa shape index (κ2) is 11.4. The maximum atomic E-state index is 13.0. The molecule has 1 atom stereocenters. The molecule has 2 aromatic carbocycles. The van der Waals surface area contributed by atoms with Gasteiger partial charge in [-0.05, 0) is 68.4 Å². The second-order valence-electron chi connectivity index (χ2n) is 10.0. The Morgan fingerprint density at radius 3 is 2.51 bits per heavy atom. The Bertz CT molecular complexity index is 1400. The van der Waals surface area contributed by atoms with Gasteiger partial charge in [-0.3, -0.25) is 14.4 Å². The summed E-state index contributed by atoms with van der Waals surface area (Å²) in [4.78, 5) is 40.0. The lowest BCUT2D eigenvalue weighted by Crippen LogP contribution is -2.39. The number of carbonyl (C=O) groups is 3. The van der Waals surface area contributed by atoms with Crippen molar-refractivity contribution in [1.29, 1.82) is 0 Å². The van der Waals surface area contributed by atoms with Gasteiger partial charge in [-0.25, -0.2) is 0 Å². The number of hydrogen-bond donors (Lipinski definition) is 2. The summed E-state index contributed by atoms with van der Waals surface area (Å²) in [5.74, 6) is 0.697. The fourth-order valence-corrected chi connectivity index (χ4v) is 5.42. The summed E-state index contributed by atoms with van der Waals surface area (Å²) in [7, 11) is 0. The average Bonchev–Trinajstić information content (AvgIpc) is 3.60. The van der Waals surface area contributed by atoms with E-state index in [4.69, 9.17) is 9.47 Å². The van der Waals surface area contributed by atoms with Crippen LogP contribution in [0.25, 0.3) is 0 Å². The van der Waals surface area contributed by atoms with Gasteiger partial charge in [0.2, 0.25) is 22.7 Å². The fraction of sp³-hybridized carbons (Fsp3) is 0.393. The summed E-state index contributed by atoms with van der Waals surface area (Å²) in [6.07, 6.45) is 1.89. The number of nitrogens with zero attached hydrogens (tertiary/aromatic N) is 3. The highest BCUT2D eigenvalue weighted by Crippen LogP contribution is 2.34. The van der Waals surface area contributed by atoms with Crippen LogP contribution in [-0.4, -0.2) is 52.7 Å². The molecule has 2 N–H and O–H groups in total. The van der Waals surface area contributed by atoms with E-state index in [-0.39, 0.29) is 40.6 Å². The molecule has 3 amide bonds. The third-order valence-electron chi connectivity index (χ3n) is 7.22. The molecule has 0 unspecified atom stereocenters. The molecule has 0 saturated carbocycles. The summed E-state index contributed by atoms with van der Waals surface area (Å²) in [6, 6.07) is 11.3. The number of aromatic nitrogens is 2. The van der Waals surface area contributed by atoms with Gasteiger partial charge < -0.3 is 25.0 Å². The molecular weight excluding hydrogens is 518 g/mol. The number of amides is 3. The Hall–Kier alpha value is -3.99. The zero-order valence-electron chi connectivity index (χ0n) is 22.2. The van der Waals surface area contributed by atoms with E-state index in [0.29, 0.717) is 36.7 Å². The molecule has 204 valence electrons. The topological polar surface area (TPSA) is 123 Å². The largest absolute Gasteiger partial charge is 0.454 e. The molecule has 3 heterocycles. The first kappa shape index (κ1) is 26.6. The van der Waals surface area contributed by atoms with Crippen molar-refractivity contribution in [1.82, 2.24) is 20.4 Å². The average molecular weight is 550 g/mol. The Labute approximate surface area is 230 Å². The van der Waals surface area contributed by atoms with Gasteiger partial charge in [0.05, 0.1) is 6.04 Å². The molecule has 2 aliphatic heterocycles. The number of rotatable bonds is 7. The molecule has 10 nitrogen and oxygen atoms in total. The molecule has 0 radical (unpaired) electrons. The SMILES string of the molecule is Cc1ccc([C@H](C)NC(=O)CC2CCN(C(=O)c3nnc(C(=O)Nc4ccc5c(c4)OCO5)s3)CC2)cc1C. The van der Waals surface area contributed by atoms with Crippen LogP contribution >= 0.6 is 11.3 Å². The molecule has 39 heavy (non-hydrogen) atoms. The number of fused-ring (bicyclic) bond motifs is 1. The number of hydrogen-bond acceptors (Lipinski definition) is 8. The first-order valence-corrected chi connectivity index (χ1v) is 13.8. The molecule has 2 aliphatic rings. The lowest BCUT2D eigenvalue weighted by molar-refractivity contribution is -0.122. The zero-order valence-corrected chi connectivity index (χ0v) is 23.0. The Balaban J connectivity index is 1.09. The van der Waals surface area contributed by atoms with E-state index in [1.807, 2.05) is 6.92 Å². The van der Waals surface area contributed by atoms with E-state index in [1.165, 1.54) is 11.1 Å². The standard InChI is InChI=1S/C28H31N5O5S/c1-16-4-5-20(12-17(16)2)18(3)29-24(34)13-19-8-10-33(11-9-19)28(36)27-32-31-26(39-27)25(35)30-21-6-7-22-23(14-21)38-15-37-22/h4-7,12,14,18-19H,8-11,13,15H2,1-3H3,(H,29,34)(H,30,35)/t18-/m0/s1. The predicted molar refractivity (Wildman–Crippen MR) is 146 cm³/mol. The third-order valence-corrected chi connectivity index (χ3v) is 8.13. The smallest absolute Gasteiger partial charge is 0.286 e. The van der Waals surface area contributed by atoms with Crippen LogP contribution in [0.1, 0.15) is 68.5 Å². The van der Waals surface area contributed by atoms with E-state index in [9.17, 15) is 14.4 Å². The van der Waals surface area contributed by atoms with E-state index in [0.717, 1.165) is 29.7 Å². The highest BCUT2D eigenvalue weighted by atomic mass is 32.1. The predicted octanol–water partition coefficient (Wildman–Crippen LogP) is 4.26. The minimum atomic E-state index is -0.454. The molecule has 1 aromatic heterocycles. The Morgan fingerprint density at radius 1 is 1.00 bits per heavy atom. The lowest BCUT2D eigenvalue weighted by atomic mass is 9.93. The number of benzene rings is 2. The van der Waals surface area contributed by atoms with Crippen LogP contribution < -0.4 is 20.1 Å². The van der Waals surface area contributed by atoms with Gasteiger partial charge in [-0.2, -0.15) is 0 Å². The number of anilines is 1. The minimum absolute atomic E-state index is 0.0211. The highest BCUT2D eigenvalue weighted by Gasteiger charge is 2.28. The number of nitrogens with one attached hydrogen (secondary N) is 2. The van der Waals surface area contributed by atoms with E-state index >= 15 is 0 Å². The number of piperidine rings is 1. The molecule has 0 aliphatic carbocycles. The summed E-state index contributed by atoms with van der Waals surface area (Å²) in [5, 5.41) is 14.0. The van der Waals surface area contributed by atoms with Crippen LogP contribution in [0.15, 0.2) is 36.4 Å². The quantitative estimate of drug-likeness (QED) is 0.452. The van der Waals surface area contributed by atoms with E-state index in [1.54, 1.807) is 23.1 Å². The summed E-state index contributed by atoms with van der Waals surface area (Å²) >= 11 is 0.960. The highest BCUT2D eigenvalue weighted by molar-refractivity contribution is 7.15. The van der Waals surface area contributed by atoms with Crippen molar-refractivity contribution >= 4 is 34.7 Å². The van der Waals surface area contributed by atoms with Crippen LogP contribution in [0.2, 0.25) is 0 Å². The number of carbonyl (C=O) groups excluding carboxylic acids is 3. The molecule has 1 saturated heterocycles. The number of ether oxygens (including phenoxy) is 2. The van der Waals surface area contributed by atoms with Crippen molar-refractivity contribution in [3.05, 3.63) is 63.1 Å². The number of likely N-dealkylation sites (tertiary alicyclic amines) is 1. The van der Waals surface area contributed by atoms with Crippen LogP contribution in [0, 0.1) is 19.8 Å². The van der Waals surface area contributed by atoms with E-state index < -0.39 is 5.91 Å². The van der Waals surface area contributed by atoms with Crippen LogP contribution in [-0.2, 0) is 4.79 Å². The van der Waals surface area contributed by atoms with Crippen molar-refractivity contribution in [2.24, 2.45) is 5.92 Å². The van der Waals surface area contributed by atoms with Crippen molar-refractivity contribution in [3.8, 4) is 11.5 Å². The maximum Gasteiger partial charge on any atom is 0.286 e. The first-order valence-electron chi connectivity index (χ1n) is 13.0. The van der Waals surface area contributed by atoms with Crippen molar-refractivity contribution in [2.45, 2.75) is 46.1 Å². The van der Waals surface area contributed by atoms with Crippen molar-refractivity contribution in [3.63, 3.8) is 0 Å². The summed E-state index contributed by atoms with van der Waals surface area (Å²) in [5.41, 5.74) is 4.06. The normalized spacial score (nSPS) is 15.6. The summed E-state index contributed by atoms with van der Waals surface area (Å²) < 4.78 is 10.6. The van der Waals surface area contributed by atoms with Gasteiger partial charge in [-0.15, -0.1) is 10.2 Å². The molecule has 0 spiro atoms. The van der Waals surface area contributed by atoms with Crippen LogP contribution in [0.3, 0.4) is 0 Å². The molecule has 1 fully saturated rings. The fourth-order valence-electron chi connectivity index (χ4n) is 4.72. The van der Waals surface area contributed by atoms with Gasteiger partial charge in [0.25, 0.3) is 11.8 Å². The Morgan fingerprint density at radius 2 is 1.74 bits per heavy atom. The molecule has 3 aromatic rings. The van der Waals surface area contributed by atoms with Gasteiger partial charge in [0.1, 0.15) is 0 Å².